The normalized spacial score (nSPS) is 13.7. The smallest absolute Gasteiger partial charge is 0.167 e. The third-order valence-electron chi connectivity index (χ3n) is 13.0. The molecule has 13 rings (SSSR count). The zero-order chi connectivity index (χ0) is 41.4. The lowest BCUT2D eigenvalue weighted by Crippen LogP contribution is -2.04. The van der Waals surface area contributed by atoms with Crippen LogP contribution in [0.15, 0.2) is 203 Å². The van der Waals surface area contributed by atoms with Gasteiger partial charge >= 0.3 is 0 Å². The van der Waals surface area contributed by atoms with Crippen molar-refractivity contribution in [1.29, 1.82) is 0 Å². The molecule has 296 valence electrons. The van der Waals surface area contributed by atoms with Gasteiger partial charge in [0.2, 0.25) is 0 Å². The molecule has 5 nitrogen and oxygen atoms in total. The predicted octanol–water partition coefficient (Wildman–Crippen LogP) is 15.2. The van der Waals surface area contributed by atoms with E-state index in [-0.39, 0.29) is 5.92 Å². The molecular formula is C58H37N3O2. The lowest BCUT2D eigenvalue weighted by atomic mass is 9.84. The zero-order valence-electron chi connectivity index (χ0n) is 34.1. The van der Waals surface area contributed by atoms with Crippen LogP contribution in [-0.2, 0) is 6.42 Å². The summed E-state index contributed by atoms with van der Waals surface area (Å²) in [6, 6.07) is 68.6. The molecular weight excluding hydrogens is 771 g/mol. The number of furan rings is 2. The Hall–Kier alpha value is -8.15. The van der Waals surface area contributed by atoms with Gasteiger partial charge in [-0.1, -0.05) is 158 Å². The third kappa shape index (κ3) is 5.88. The molecule has 63 heavy (non-hydrogen) atoms. The molecule has 5 heteroatoms. The number of rotatable bonds is 5. The van der Waals surface area contributed by atoms with E-state index in [4.69, 9.17) is 23.8 Å². The molecule has 0 saturated carbocycles. The molecule has 0 amide bonds. The molecule has 1 unspecified atom stereocenters. The van der Waals surface area contributed by atoms with Crippen molar-refractivity contribution in [3.63, 3.8) is 0 Å². The van der Waals surface area contributed by atoms with Crippen LogP contribution in [0.4, 0.5) is 0 Å². The van der Waals surface area contributed by atoms with E-state index in [1.807, 2.05) is 48.5 Å². The van der Waals surface area contributed by atoms with Crippen molar-refractivity contribution in [2.75, 3.05) is 0 Å². The number of benzene rings is 9. The maximum absolute atomic E-state index is 6.83. The maximum atomic E-state index is 6.83. The second-order valence-electron chi connectivity index (χ2n) is 16.6. The van der Waals surface area contributed by atoms with E-state index in [0.29, 0.717) is 17.5 Å². The maximum Gasteiger partial charge on any atom is 0.167 e. The molecule has 1 aliphatic rings. The van der Waals surface area contributed by atoms with Gasteiger partial charge in [-0.2, -0.15) is 0 Å². The van der Waals surface area contributed by atoms with Gasteiger partial charge in [0.05, 0.1) is 5.56 Å². The summed E-state index contributed by atoms with van der Waals surface area (Å²) >= 11 is 0. The van der Waals surface area contributed by atoms with Crippen LogP contribution in [-0.4, -0.2) is 15.0 Å². The van der Waals surface area contributed by atoms with Crippen LogP contribution in [0.1, 0.15) is 29.0 Å². The largest absolute Gasteiger partial charge is 0.456 e. The summed E-state index contributed by atoms with van der Waals surface area (Å²) in [4.78, 5) is 16.0. The Labute approximate surface area is 363 Å². The van der Waals surface area contributed by atoms with Gasteiger partial charge in [0, 0.05) is 38.6 Å². The molecule has 0 radical (unpaired) electrons. The van der Waals surface area contributed by atoms with Crippen molar-refractivity contribution >= 4 is 54.6 Å². The van der Waals surface area contributed by atoms with E-state index in [2.05, 4.69) is 146 Å². The number of hydrogen-bond donors (Lipinski definition) is 0. The van der Waals surface area contributed by atoms with E-state index in [1.54, 1.807) is 0 Å². The van der Waals surface area contributed by atoms with Crippen LogP contribution in [0.25, 0.3) is 111 Å². The van der Waals surface area contributed by atoms with Crippen LogP contribution in [0.5, 0.6) is 0 Å². The van der Waals surface area contributed by atoms with Crippen molar-refractivity contribution < 1.29 is 8.83 Å². The second-order valence-corrected chi connectivity index (χ2v) is 16.6. The van der Waals surface area contributed by atoms with Crippen LogP contribution in [0.2, 0.25) is 0 Å². The highest BCUT2D eigenvalue weighted by Crippen LogP contribution is 2.46. The fourth-order valence-electron chi connectivity index (χ4n) is 9.96. The summed E-state index contributed by atoms with van der Waals surface area (Å²) in [6.45, 7) is 0. The van der Waals surface area contributed by atoms with Gasteiger partial charge < -0.3 is 8.83 Å². The fourth-order valence-corrected chi connectivity index (χ4v) is 9.96. The zero-order valence-corrected chi connectivity index (χ0v) is 34.1. The van der Waals surface area contributed by atoms with Gasteiger partial charge in [0.25, 0.3) is 0 Å². The number of aryl methyl sites for hydroxylation is 1. The molecule has 0 saturated heterocycles. The standard InChI is InChI=1S/C58H37N3O2/c1-2-13-35(14-3-1)36-25-27-37(28-26-36)56-59-57(47-21-12-24-53-54(47)46-20-9-11-23-52(46)62-53)61-58(60-56)50-34-41(33-49-45-19-8-10-22-51(45)63-55(49)50)42-30-29-40-31-38-15-4-5-16-39(38)32-48(40)44-18-7-6-17-43(42)44/h1-28,31-34,42H,29-30H2. The van der Waals surface area contributed by atoms with Crippen LogP contribution in [0.3, 0.4) is 0 Å². The first-order valence-corrected chi connectivity index (χ1v) is 21.6. The van der Waals surface area contributed by atoms with Crippen molar-refractivity contribution in [3.05, 3.63) is 211 Å². The first-order valence-electron chi connectivity index (χ1n) is 21.6. The summed E-state index contributed by atoms with van der Waals surface area (Å²) in [5.74, 6) is 1.80. The van der Waals surface area contributed by atoms with Crippen molar-refractivity contribution in [1.82, 2.24) is 15.0 Å². The van der Waals surface area contributed by atoms with Crippen molar-refractivity contribution in [2.24, 2.45) is 0 Å². The molecule has 9 aromatic carbocycles. The monoisotopic (exact) mass is 807 g/mol. The molecule has 1 atom stereocenters. The molecule has 0 bridgehead atoms. The fraction of sp³-hybridized carbons (Fsp3) is 0.0517. The van der Waals surface area contributed by atoms with E-state index >= 15 is 0 Å². The first-order chi connectivity index (χ1) is 31.2. The first kappa shape index (κ1) is 35.6. The number of para-hydroxylation sites is 2. The highest BCUT2D eigenvalue weighted by Gasteiger charge is 2.27. The topological polar surface area (TPSA) is 65.0 Å². The Kier molecular flexibility index (Phi) is 8.03. The average Bonchev–Trinajstić information content (AvgIpc) is 3.88. The van der Waals surface area contributed by atoms with Crippen molar-refractivity contribution in [3.8, 4) is 56.4 Å². The van der Waals surface area contributed by atoms with E-state index in [9.17, 15) is 0 Å². The number of aromatic nitrogens is 3. The van der Waals surface area contributed by atoms with Crippen molar-refractivity contribution in [2.45, 2.75) is 18.8 Å². The second kappa shape index (κ2) is 14.2. The van der Waals surface area contributed by atoms with Gasteiger partial charge in [-0.25, -0.2) is 15.0 Å². The van der Waals surface area contributed by atoms with E-state index in [1.165, 1.54) is 38.6 Å². The lowest BCUT2D eigenvalue weighted by Gasteiger charge is -2.20. The number of nitrogens with zero attached hydrogens (tertiary/aromatic N) is 3. The van der Waals surface area contributed by atoms with Gasteiger partial charge in [-0.05, 0) is 99.0 Å². The number of hydrogen-bond acceptors (Lipinski definition) is 5. The Morgan fingerprint density at radius 3 is 1.86 bits per heavy atom. The molecule has 3 heterocycles. The minimum Gasteiger partial charge on any atom is -0.456 e. The van der Waals surface area contributed by atoms with Crippen LogP contribution >= 0.6 is 0 Å². The summed E-state index contributed by atoms with van der Waals surface area (Å²) in [6.07, 6.45) is 1.89. The summed E-state index contributed by atoms with van der Waals surface area (Å²) < 4.78 is 13.2. The molecule has 1 aliphatic carbocycles. The Bertz CT molecular complexity index is 3750. The van der Waals surface area contributed by atoms with Crippen LogP contribution in [0, 0.1) is 0 Å². The Morgan fingerprint density at radius 1 is 0.397 bits per heavy atom. The highest BCUT2D eigenvalue weighted by molar-refractivity contribution is 6.12. The molecule has 0 fully saturated rings. The number of fused-ring (bicyclic) bond motifs is 10. The van der Waals surface area contributed by atoms with Gasteiger partial charge in [-0.3, -0.25) is 0 Å². The third-order valence-corrected chi connectivity index (χ3v) is 13.0. The minimum atomic E-state index is 0.103. The predicted molar refractivity (Wildman–Crippen MR) is 256 cm³/mol. The van der Waals surface area contributed by atoms with Gasteiger partial charge in [-0.15, -0.1) is 0 Å². The molecule has 0 spiro atoms. The quantitative estimate of drug-likeness (QED) is 0.173. The van der Waals surface area contributed by atoms with Gasteiger partial charge in [0.15, 0.2) is 17.5 Å². The Morgan fingerprint density at radius 2 is 1.02 bits per heavy atom. The summed E-state index contributed by atoms with van der Waals surface area (Å²) in [5, 5.41) is 6.63. The minimum absolute atomic E-state index is 0.103. The lowest BCUT2D eigenvalue weighted by molar-refractivity contribution is 0.668. The van der Waals surface area contributed by atoms with Gasteiger partial charge in [0.1, 0.15) is 22.3 Å². The SMILES string of the molecule is c1ccc(-c2ccc(-c3nc(-c4cc(C5CCc6cc7ccccc7cc6-c6ccccc65)cc5c4oc4ccccc45)nc(-c4cccc5oc6ccccc6c45)n3)cc2)cc1. The summed E-state index contributed by atoms with van der Waals surface area (Å²) in [7, 11) is 0. The molecule has 0 N–H and O–H groups in total. The molecule has 12 aromatic rings. The average molecular weight is 808 g/mol. The highest BCUT2D eigenvalue weighted by atomic mass is 16.3. The summed E-state index contributed by atoms with van der Waals surface area (Å²) in [5.41, 5.74) is 14.6. The van der Waals surface area contributed by atoms with E-state index < -0.39 is 0 Å². The molecule has 0 aliphatic heterocycles. The van der Waals surface area contributed by atoms with E-state index in [0.717, 1.165) is 84.5 Å². The van der Waals surface area contributed by atoms with Crippen LogP contribution < -0.4 is 0 Å². The molecule has 3 aromatic heterocycles. The Balaban J connectivity index is 1.05.